The molecule has 0 aromatic rings. The van der Waals surface area contributed by atoms with Crippen LogP contribution in [0.5, 0.6) is 0 Å². The van der Waals surface area contributed by atoms with Crippen molar-refractivity contribution < 1.29 is 19.5 Å². The van der Waals surface area contributed by atoms with Gasteiger partial charge in [-0.1, -0.05) is 8.64 Å². The second-order valence-corrected chi connectivity index (χ2v) is 7.35. The van der Waals surface area contributed by atoms with Crippen LogP contribution < -0.4 is 0 Å². The van der Waals surface area contributed by atoms with E-state index in [1.807, 2.05) is 33.3 Å². The van der Waals surface area contributed by atoms with Crippen molar-refractivity contribution in [3.8, 4) is 0 Å². The molecule has 2 aliphatic rings. The summed E-state index contributed by atoms with van der Waals surface area (Å²) in [5.74, 6) is 4.36. The van der Waals surface area contributed by atoms with Gasteiger partial charge in [0.15, 0.2) is 0 Å². The SMILES string of the molecule is S=C([S-])N1CCSC1.S=C([S-])N1CCSC1.[Zn+2]. The van der Waals surface area contributed by atoms with Gasteiger partial charge in [-0.05, 0) is 0 Å². The molecule has 2 aliphatic heterocycles. The quantitative estimate of drug-likeness (QED) is 0.344. The maximum atomic E-state index is 4.78. The van der Waals surface area contributed by atoms with E-state index in [9.17, 15) is 0 Å². The smallest absolute Gasteiger partial charge is 0.411 e. The molecule has 0 atom stereocenters. The second-order valence-electron chi connectivity index (χ2n) is 3.13. The van der Waals surface area contributed by atoms with Crippen LogP contribution >= 0.6 is 48.0 Å². The predicted octanol–water partition coefficient (Wildman–Crippen LogP) is 1.65. The van der Waals surface area contributed by atoms with Gasteiger partial charge in [0.05, 0.1) is 11.8 Å². The van der Waals surface area contributed by atoms with E-state index >= 15 is 0 Å². The molecule has 0 unspecified atom stereocenters. The van der Waals surface area contributed by atoms with Crippen molar-refractivity contribution in [2.45, 2.75) is 0 Å². The third-order valence-electron chi connectivity index (χ3n) is 2.02. The molecule has 0 saturated carbocycles. The van der Waals surface area contributed by atoms with E-state index in [0.29, 0.717) is 8.64 Å². The van der Waals surface area contributed by atoms with E-state index in [1.54, 1.807) is 0 Å². The maximum absolute atomic E-state index is 4.78. The minimum atomic E-state index is 0. The van der Waals surface area contributed by atoms with E-state index < -0.39 is 0 Å². The molecule has 2 heterocycles. The maximum Gasteiger partial charge on any atom is 2.00 e. The van der Waals surface area contributed by atoms with Gasteiger partial charge in [-0.3, -0.25) is 0 Å². The summed E-state index contributed by atoms with van der Waals surface area (Å²) in [6.45, 7) is 2.10. The van der Waals surface area contributed by atoms with Crippen LogP contribution in [0.2, 0.25) is 0 Å². The zero-order chi connectivity index (χ0) is 12.0. The Balaban J connectivity index is 0.000000284. The van der Waals surface area contributed by atoms with Crippen LogP contribution in [-0.2, 0) is 44.7 Å². The molecule has 2 saturated heterocycles. The predicted molar refractivity (Wildman–Crippen MR) is 88.0 cm³/mol. The average molecular weight is 394 g/mol. The van der Waals surface area contributed by atoms with Crippen LogP contribution in [0.3, 0.4) is 0 Å². The molecule has 0 amide bonds. The van der Waals surface area contributed by atoms with Gasteiger partial charge in [0, 0.05) is 24.6 Å². The largest absolute Gasteiger partial charge is 2.00 e. The molecule has 0 radical (unpaired) electrons. The average Bonchev–Trinajstić information content (AvgIpc) is 2.93. The zero-order valence-corrected chi connectivity index (χ0v) is 17.2. The number of rotatable bonds is 0. The Morgan fingerprint density at radius 2 is 1.24 bits per heavy atom. The molecule has 2 fully saturated rings. The summed E-state index contributed by atoms with van der Waals surface area (Å²) >= 11 is 22.9. The van der Waals surface area contributed by atoms with Crippen molar-refractivity contribution >= 4 is 81.9 Å². The van der Waals surface area contributed by atoms with Gasteiger partial charge >= 0.3 is 19.5 Å². The molecular weight excluding hydrogens is 382 g/mol. The van der Waals surface area contributed by atoms with Gasteiger partial charge in [-0.25, -0.2) is 0 Å². The van der Waals surface area contributed by atoms with Crippen LogP contribution in [0.1, 0.15) is 0 Å². The molecule has 0 aliphatic carbocycles. The van der Waals surface area contributed by atoms with Gasteiger partial charge in [-0.15, -0.1) is 23.5 Å². The molecule has 2 rings (SSSR count). The molecule has 0 spiro atoms. The van der Waals surface area contributed by atoms with E-state index in [-0.39, 0.29) is 19.5 Å². The molecule has 0 aromatic carbocycles. The van der Waals surface area contributed by atoms with Gasteiger partial charge < -0.3 is 59.5 Å². The fourth-order valence-corrected chi connectivity index (χ4v) is 3.98. The summed E-state index contributed by atoms with van der Waals surface area (Å²) in [6, 6.07) is 0. The number of nitrogens with zero attached hydrogens (tertiary/aromatic N) is 2. The second kappa shape index (κ2) is 10.3. The van der Waals surface area contributed by atoms with Crippen molar-refractivity contribution in [2.75, 3.05) is 36.3 Å². The Kier molecular flexibility index (Phi) is 11.3. The summed E-state index contributed by atoms with van der Waals surface area (Å²) in [7, 11) is 0. The molecule has 9 heteroatoms. The number of hydrogen-bond acceptors (Lipinski definition) is 6. The Hall–Kier alpha value is 1.54. The molecular formula is C8H12N2S6Zn. The normalized spacial score (nSPS) is 18.1. The fourth-order valence-electron chi connectivity index (χ4n) is 1.12. The van der Waals surface area contributed by atoms with Gasteiger partial charge in [0.1, 0.15) is 0 Å². The monoisotopic (exact) mass is 392 g/mol. The molecule has 2 nitrogen and oxygen atoms in total. The first-order valence-electron chi connectivity index (χ1n) is 4.68. The summed E-state index contributed by atoms with van der Waals surface area (Å²) in [5, 5.41) is 0. The van der Waals surface area contributed by atoms with Gasteiger partial charge in [-0.2, -0.15) is 0 Å². The summed E-state index contributed by atoms with van der Waals surface area (Å²) in [5.41, 5.74) is 0. The van der Waals surface area contributed by atoms with Crippen LogP contribution in [0.4, 0.5) is 0 Å². The Morgan fingerprint density at radius 3 is 1.35 bits per heavy atom. The third kappa shape index (κ3) is 7.65. The zero-order valence-electron chi connectivity index (χ0n) is 9.29. The van der Waals surface area contributed by atoms with E-state index in [0.717, 1.165) is 24.8 Å². The van der Waals surface area contributed by atoms with E-state index in [1.165, 1.54) is 11.5 Å². The van der Waals surface area contributed by atoms with Crippen molar-refractivity contribution in [3.05, 3.63) is 0 Å². The van der Waals surface area contributed by atoms with Gasteiger partial charge in [0.25, 0.3) is 0 Å². The summed E-state index contributed by atoms with van der Waals surface area (Å²) < 4.78 is 1.24. The van der Waals surface area contributed by atoms with E-state index in [4.69, 9.17) is 49.7 Å². The summed E-state index contributed by atoms with van der Waals surface area (Å²) in [4.78, 5) is 4.07. The molecule has 0 N–H and O–H groups in total. The van der Waals surface area contributed by atoms with Crippen molar-refractivity contribution in [1.29, 1.82) is 0 Å². The molecule has 0 aromatic heterocycles. The Bertz CT molecular complexity index is 226. The first-order chi connectivity index (χ1) is 7.61. The Morgan fingerprint density at radius 1 is 0.882 bits per heavy atom. The topological polar surface area (TPSA) is 6.48 Å². The fraction of sp³-hybridized carbons (Fsp3) is 0.750. The number of thiocarbonyl (C=S) groups is 2. The van der Waals surface area contributed by atoms with Crippen LogP contribution in [0.15, 0.2) is 0 Å². The first kappa shape index (κ1) is 18.5. The van der Waals surface area contributed by atoms with Gasteiger partial charge in [0.2, 0.25) is 0 Å². The van der Waals surface area contributed by atoms with E-state index in [2.05, 4.69) is 0 Å². The van der Waals surface area contributed by atoms with Crippen molar-refractivity contribution in [3.63, 3.8) is 0 Å². The summed E-state index contributed by atoms with van der Waals surface area (Å²) in [6.07, 6.45) is 0. The van der Waals surface area contributed by atoms with Crippen LogP contribution in [-0.4, -0.2) is 54.8 Å². The Labute approximate surface area is 146 Å². The van der Waals surface area contributed by atoms with Crippen molar-refractivity contribution in [2.24, 2.45) is 0 Å². The van der Waals surface area contributed by atoms with Crippen LogP contribution in [0.25, 0.3) is 0 Å². The van der Waals surface area contributed by atoms with Crippen LogP contribution in [0, 0.1) is 0 Å². The minimum absolute atomic E-state index is 0. The molecule has 92 valence electrons. The molecule has 0 bridgehead atoms. The number of hydrogen-bond donors (Lipinski definition) is 0. The molecule has 17 heavy (non-hydrogen) atoms. The third-order valence-corrected chi connectivity index (χ3v) is 4.99. The number of thioether (sulfide) groups is 2. The first-order valence-corrected chi connectivity index (χ1v) is 8.63. The standard InChI is InChI=1S/2C4H7NS3.Zn/c2*6-4(7)5-1-2-8-3-5;/h2*1-3H2,(H,6,7);/q;;+2/p-2. The van der Waals surface area contributed by atoms with Crippen molar-refractivity contribution in [1.82, 2.24) is 9.80 Å². The minimum Gasteiger partial charge on any atom is -0.411 e.